The Bertz CT molecular complexity index is 1060. The molecule has 1 fully saturated rings. The number of imidazole rings is 1. The van der Waals surface area contributed by atoms with E-state index in [2.05, 4.69) is 15.3 Å². The minimum absolute atomic E-state index is 0.0761. The van der Waals surface area contributed by atoms with Crippen LogP contribution < -0.4 is 5.73 Å². The number of nitrogens with zero attached hydrogens (tertiary/aromatic N) is 5. The van der Waals surface area contributed by atoms with Crippen LogP contribution in [0.3, 0.4) is 0 Å². The number of hydrogen-bond donors (Lipinski definition) is 1. The third-order valence-electron chi connectivity index (χ3n) is 5.00. The number of nitrogen functional groups attached to an aromatic ring is 1. The Balaban J connectivity index is 1.55. The summed E-state index contributed by atoms with van der Waals surface area (Å²) < 4.78 is 35.8. The van der Waals surface area contributed by atoms with E-state index in [1.165, 1.54) is 6.07 Å². The van der Waals surface area contributed by atoms with Gasteiger partial charge in [-0.25, -0.2) is 18.8 Å². The van der Waals surface area contributed by atoms with Crippen LogP contribution in [0.5, 0.6) is 0 Å². The highest BCUT2D eigenvalue weighted by Gasteiger charge is 2.36. The van der Waals surface area contributed by atoms with Gasteiger partial charge in [-0.15, -0.1) is 0 Å². The normalized spacial score (nSPS) is 21.8. The maximum Gasteiger partial charge on any atom is 0.156 e. The Kier molecular flexibility index (Phi) is 3.57. The number of rotatable bonds is 3. The van der Waals surface area contributed by atoms with E-state index in [-0.39, 0.29) is 23.5 Å². The number of fused-ring (bicyclic) bond motifs is 1. The molecule has 2 aliphatic rings. The van der Waals surface area contributed by atoms with Gasteiger partial charge in [-0.05, 0) is 18.2 Å². The first-order chi connectivity index (χ1) is 13.1. The first-order valence-corrected chi connectivity index (χ1v) is 8.61. The molecule has 5 rings (SSSR count). The van der Waals surface area contributed by atoms with Gasteiger partial charge in [-0.3, -0.25) is 0 Å². The Labute approximate surface area is 153 Å². The summed E-state index contributed by atoms with van der Waals surface area (Å²) in [6.45, 7) is 1.21. The summed E-state index contributed by atoms with van der Waals surface area (Å²) in [7, 11) is 0. The van der Waals surface area contributed by atoms with E-state index >= 15 is 0 Å². The van der Waals surface area contributed by atoms with Gasteiger partial charge < -0.3 is 14.9 Å². The van der Waals surface area contributed by atoms with E-state index in [0.29, 0.717) is 18.7 Å². The minimum atomic E-state index is -0.767. The highest BCUT2D eigenvalue weighted by Crippen LogP contribution is 2.35. The summed E-state index contributed by atoms with van der Waals surface area (Å²) in [6, 6.07) is 5.71. The number of benzene rings is 1. The van der Waals surface area contributed by atoms with Crippen molar-refractivity contribution in [2.24, 2.45) is 10.3 Å². The largest absolute Gasteiger partial charge is 0.396 e. The van der Waals surface area contributed by atoms with Crippen LogP contribution in [0.1, 0.15) is 18.2 Å². The second-order valence-corrected chi connectivity index (χ2v) is 6.59. The SMILES string of the molecule is Nc1ccc(F)c(-c2ccc3c(C4CN=NN4C4CCO4)ncn3c2)c1F. The molecular formula is C18H16F2N6O. The fraction of sp³-hybridized carbons (Fsp3) is 0.278. The van der Waals surface area contributed by atoms with Crippen LogP contribution in [0.25, 0.3) is 16.6 Å². The molecule has 138 valence electrons. The van der Waals surface area contributed by atoms with E-state index in [1.807, 2.05) is 5.01 Å². The number of halogens is 2. The van der Waals surface area contributed by atoms with Crippen molar-refractivity contribution in [3.8, 4) is 11.1 Å². The summed E-state index contributed by atoms with van der Waals surface area (Å²) in [5, 5.41) is 10.1. The smallest absolute Gasteiger partial charge is 0.156 e. The molecule has 0 saturated carbocycles. The van der Waals surface area contributed by atoms with Gasteiger partial charge in [0.05, 0.1) is 41.9 Å². The molecule has 3 aromatic rings. The molecule has 9 heteroatoms. The van der Waals surface area contributed by atoms with Gasteiger partial charge in [-0.2, -0.15) is 5.11 Å². The molecule has 2 aliphatic heterocycles. The summed E-state index contributed by atoms with van der Waals surface area (Å²) in [6.07, 6.45) is 4.08. The fourth-order valence-corrected chi connectivity index (χ4v) is 3.49. The van der Waals surface area contributed by atoms with Crippen molar-refractivity contribution in [1.82, 2.24) is 14.4 Å². The topological polar surface area (TPSA) is 80.5 Å². The third kappa shape index (κ3) is 2.46. The summed E-state index contributed by atoms with van der Waals surface area (Å²) in [5.41, 5.74) is 7.35. The van der Waals surface area contributed by atoms with Gasteiger partial charge in [0.2, 0.25) is 0 Å². The molecule has 0 spiro atoms. The maximum absolute atomic E-state index is 14.3. The molecule has 0 bridgehead atoms. The van der Waals surface area contributed by atoms with Crippen molar-refractivity contribution in [2.45, 2.75) is 18.7 Å². The first-order valence-electron chi connectivity index (χ1n) is 8.61. The molecule has 0 aliphatic carbocycles. The number of anilines is 1. The number of pyridine rings is 1. The van der Waals surface area contributed by atoms with Gasteiger partial charge in [-0.1, -0.05) is 11.3 Å². The maximum atomic E-state index is 14.3. The number of nitrogens with two attached hydrogens (primary N) is 1. The van der Waals surface area contributed by atoms with Crippen LogP contribution in [-0.2, 0) is 4.74 Å². The number of ether oxygens (including phenoxy) is 1. The van der Waals surface area contributed by atoms with Crippen LogP contribution in [0.15, 0.2) is 47.1 Å². The fourth-order valence-electron chi connectivity index (χ4n) is 3.49. The van der Waals surface area contributed by atoms with E-state index < -0.39 is 11.6 Å². The van der Waals surface area contributed by atoms with Crippen molar-refractivity contribution in [3.63, 3.8) is 0 Å². The van der Waals surface area contributed by atoms with Crippen LogP contribution in [0, 0.1) is 11.6 Å². The van der Waals surface area contributed by atoms with Gasteiger partial charge in [0.1, 0.15) is 18.1 Å². The zero-order chi connectivity index (χ0) is 18.5. The van der Waals surface area contributed by atoms with Gasteiger partial charge in [0, 0.05) is 18.2 Å². The molecular weight excluding hydrogens is 354 g/mol. The Morgan fingerprint density at radius 2 is 2.04 bits per heavy atom. The molecule has 1 aromatic carbocycles. The molecule has 2 unspecified atom stereocenters. The summed E-state index contributed by atoms with van der Waals surface area (Å²) in [4.78, 5) is 4.50. The van der Waals surface area contributed by atoms with Crippen molar-refractivity contribution >= 4 is 11.2 Å². The highest BCUT2D eigenvalue weighted by atomic mass is 19.1. The number of hydrogen-bond acceptors (Lipinski definition) is 6. The van der Waals surface area contributed by atoms with Crippen molar-refractivity contribution < 1.29 is 13.5 Å². The lowest BCUT2D eigenvalue weighted by atomic mass is 10.0. The molecule has 1 saturated heterocycles. The van der Waals surface area contributed by atoms with E-state index in [9.17, 15) is 8.78 Å². The Morgan fingerprint density at radius 3 is 2.81 bits per heavy atom. The zero-order valence-electron chi connectivity index (χ0n) is 14.2. The van der Waals surface area contributed by atoms with Crippen LogP contribution in [0.2, 0.25) is 0 Å². The van der Waals surface area contributed by atoms with E-state index in [1.54, 1.807) is 29.1 Å². The lowest BCUT2D eigenvalue weighted by Gasteiger charge is -2.35. The van der Waals surface area contributed by atoms with Gasteiger partial charge >= 0.3 is 0 Å². The summed E-state index contributed by atoms with van der Waals surface area (Å²) >= 11 is 0. The standard InChI is InChI=1S/C18H16F2N6O/c19-11-2-3-12(21)17(20)16(11)10-1-4-13-18(22-9-25(13)8-10)14-7-23-24-26(14)15-5-6-27-15/h1-4,8-9,14-15H,5-7,21H2. The monoisotopic (exact) mass is 370 g/mol. The molecule has 2 N–H and O–H groups in total. The zero-order valence-corrected chi connectivity index (χ0v) is 14.2. The van der Waals surface area contributed by atoms with Crippen LogP contribution in [0.4, 0.5) is 14.5 Å². The van der Waals surface area contributed by atoms with E-state index in [0.717, 1.165) is 23.7 Å². The van der Waals surface area contributed by atoms with Crippen LogP contribution in [-0.4, -0.2) is 33.8 Å². The second-order valence-electron chi connectivity index (χ2n) is 6.59. The Hall–Kier alpha value is -3.07. The van der Waals surface area contributed by atoms with Gasteiger partial charge in [0.15, 0.2) is 5.82 Å². The molecule has 4 heterocycles. The molecule has 0 radical (unpaired) electrons. The molecule has 7 nitrogen and oxygen atoms in total. The molecule has 27 heavy (non-hydrogen) atoms. The number of aromatic nitrogens is 2. The average Bonchev–Trinajstić information content (AvgIpc) is 3.23. The molecule has 2 aromatic heterocycles. The minimum Gasteiger partial charge on any atom is -0.396 e. The quantitative estimate of drug-likeness (QED) is 0.717. The first kappa shape index (κ1) is 16.1. The predicted molar refractivity (Wildman–Crippen MR) is 93.6 cm³/mol. The highest BCUT2D eigenvalue weighted by molar-refractivity contribution is 5.71. The molecule has 2 atom stereocenters. The third-order valence-corrected chi connectivity index (χ3v) is 5.00. The Morgan fingerprint density at radius 1 is 1.19 bits per heavy atom. The second kappa shape index (κ2) is 5.98. The van der Waals surface area contributed by atoms with E-state index in [4.69, 9.17) is 10.5 Å². The molecule has 0 amide bonds. The predicted octanol–water partition coefficient (Wildman–Crippen LogP) is 3.33. The lowest BCUT2D eigenvalue weighted by molar-refractivity contribution is -0.154. The van der Waals surface area contributed by atoms with Crippen molar-refractivity contribution in [3.05, 3.63) is 54.1 Å². The van der Waals surface area contributed by atoms with Crippen molar-refractivity contribution in [2.75, 3.05) is 18.9 Å². The van der Waals surface area contributed by atoms with Gasteiger partial charge in [0.25, 0.3) is 0 Å². The van der Waals surface area contributed by atoms with Crippen molar-refractivity contribution in [1.29, 1.82) is 0 Å². The lowest BCUT2D eigenvalue weighted by Crippen LogP contribution is -2.42. The summed E-state index contributed by atoms with van der Waals surface area (Å²) in [5.74, 6) is -1.43. The van der Waals surface area contributed by atoms with Crippen LogP contribution >= 0.6 is 0 Å². The average molecular weight is 370 g/mol.